The molecule has 0 spiro atoms. The van der Waals surface area contributed by atoms with Gasteiger partial charge in [0.05, 0.1) is 0 Å². The van der Waals surface area contributed by atoms with Crippen LogP contribution in [0.1, 0.15) is 13.8 Å². The summed E-state index contributed by atoms with van der Waals surface area (Å²) in [5.41, 5.74) is 4.03. The Morgan fingerprint density at radius 2 is 1.38 bits per heavy atom. The maximum Gasteiger partial charge on any atom is 0.402 e. The number of carbonyl (C=O) groups is 2. The maximum atomic E-state index is 9.44. The summed E-state index contributed by atoms with van der Waals surface area (Å²) in [6.07, 6.45) is -1.33. The first-order valence-corrected chi connectivity index (χ1v) is 1.92. The van der Waals surface area contributed by atoms with Gasteiger partial charge in [0, 0.05) is 0 Å². The maximum absolute atomic E-state index is 9.44. The normalized spacial score (nSPS) is 6.25. The lowest BCUT2D eigenvalue weighted by molar-refractivity contribution is -0.114. The number of hydrogen-bond acceptors (Lipinski definition) is 2. The molecule has 0 heterocycles. The molecule has 0 aromatic rings. The molecule has 0 bridgehead atoms. The molecule has 0 unspecified atom stereocenters. The summed E-state index contributed by atoms with van der Waals surface area (Å²) in [5, 5.41) is 7.19. The minimum absolute atomic E-state index is 0.167. The van der Waals surface area contributed by atoms with E-state index in [0.717, 1.165) is 0 Å². The summed E-state index contributed by atoms with van der Waals surface area (Å²) in [7, 11) is 0. The van der Waals surface area contributed by atoms with Crippen LogP contribution in [-0.2, 0) is 4.79 Å². The molecule has 0 rings (SSSR count). The zero-order valence-electron chi connectivity index (χ0n) is 4.84. The number of ketones is 1. The first-order chi connectivity index (χ1) is 3.46. The fraction of sp³-hybridized carbons (Fsp3) is 0.500. The molecule has 0 saturated heterocycles. The summed E-state index contributed by atoms with van der Waals surface area (Å²) in [6, 6.07) is 0. The second-order valence-electron chi connectivity index (χ2n) is 1.25. The zero-order chi connectivity index (χ0) is 7.15. The molecule has 1 amide bonds. The van der Waals surface area contributed by atoms with Gasteiger partial charge in [0.15, 0.2) is 0 Å². The highest BCUT2D eigenvalue weighted by atomic mass is 16.4. The summed E-state index contributed by atoms with van der Waals surface area (Å²) in [5.74, 6) is 0.167. The lowest BCUT2D eigenvalue weighted by atomic mass is 10.6. The van der Waals surface area contributed by atoms with Gasteiger partial charge in [-0.3, -0.25) is 0 Å². The van der Waals surface area contributed by atoms with Crippen molar-refractivity contribution < 1.29 is 14.7 Å². The van der Waals surface area contributed by atoms with Gasteiger partial charge in [-0.05, 0) is 13.8 Å². The highest BCUT2D eigenvalue weighted by Crippen LogP contribution is 1.50. The van der Waals surface area contributed by atoms with Crippen LogP contribution in [0.5, 0.6) is 0 Å². The fourth-order valence-corrected chi connectivity index (χ4v) is 0. The Balaban J connectivity index is 0. The minimum atomic E-state index is -1.33. The molecule has 4 heteroatoms. The van der Waals surface area contributed by atoms with Crippen molar-refractivity contribution in [2.75, 3.05) is 0 Å². The Hall–Kier alpha value is -1.06. The van der Waals surface area contributed by atoms with E-state index in [9.17, 15) is 4.79 Å². The molecule has 48 valence electrons. The van der Waals surface area contributed by atoms with Crippen molar-refractivity contribution in [3.05, 3.63) is 0 Å². The molecule has 0 aliphatic rings. The molecular weight excluding hydrogens is 110 g/mol. The number of Topliss-reactive ketones (excluding diaryl/α,β-unsaturated/α-hetero) is 1. The van der Waals surface area contributed by atoms with Crippen molar-refractivity contribution in [2.24, 2.45) is 5.73 Å². The largest absolute Gasteiger partial charge is 0.465 e. The Morgan fingerprint density at radius 1 is 1.38 bits per heavy atom. The Morgan fingerprint density at radius 3 is 1.38 bits per heavy atom. The molecule has 0 aliphatic heterocycles. The summed E-state index contributed by atoms with van der Waals surface area (Å²) < 4.78 is 0. The number of rotatable bonds is 0. The van der Waals surface area contributed by atoms with Crippen LogP contribution in [0.3, 0.4) is 0 Å². The average molecular weight is 119 g/mol. The van der Waals surface area contributed by atoms with Crippen LogP contribution in [0, 0.1) is 0 Å². The van der Waals surface area contributed by atoms with Crippen molar-refractivity contribution in [3.63, 3.8) is 0 Å². The average Bonchev–Trinajstić information content (AvgIpc) is 1.25. The number of carbonyl (C=O) groups excluding carboxylic acids is 1. The molecule has 3 N–H and O–H groups in total. The van der Waals surface area contributed by atoms with E-state index in [-0.39, 0.29) is 5.78 Å². The van der Waals surface area contributed by atoms with Crippen LogP contribution in [0.2, 0.25) is 0 Å². The Labute approximate surface area is 47.3 Å². The van der Waals surface area contributed by atoms with Gasteiger partial charge >= 0.3 is 6.09 Å². The van der Waals surface area contributed by atoms with Gasteiger partial charge in [0.1, 0.15) is 5.78 Å². The Kier molecular flexibility index (Phi) is 7.45. The SMILES string of the molecule is CC(C)=O.NC(=O)O. The topological polar surface area (TPSA) is 80.4 Å². The summed E-state index contributed by atoms with van der Waals surface area (Å²) >= 11 is 0. The highest BCUT2D eigenvalue weighted by Gasteiger charge is 1.65. The lowest BCUT2D eigenvalue weighted by Gasteiger charge is -1.61. The molecular formula is C4H9NO3. The molecule has 0 radical (unpaired) electrons. The number of amides is 1. The van der Waals surface area contributed by atoms with E-state index in [1.807, 2.05) is 0 Å². The monoisotopic (exact) mass is 119 g/mol. The van der Waals surface area contributed by atoms with Gasteiger partial charge in [0.25, 0.3) is 0 Å². The number of hydrogen-bond donors (Lipinski definition) is 2. The first-order valence-electron chi connectivity index (χ1n) is 1.92. The molecule has 4 nitrogen and oxygen atoms in total. The third-order valence-electron chi connectivity index (χ3n) is 0. The molecule has 0 atom stereocenters. The van der Waals surface area contributed by atoms with E-state index in [4.69, 9.17) is 9.90 Å². The molecule has 0 saturated carbocycles. The van der Waals surface area contributed by atoms with E-state index in [1.54, 1.807) is 0 Å². The van der Waals surface area contributed by atoms with Gasteiger partial charge in [-0.2, -0.15) is 0 Å². The fourth-order valence-electron chi connectivity index (χ4n) is 0. The van der Waals surface area contributed by atoms with E-state index in [0.29, 0.717) is 0 Å². The van der Waals surface area contributed by atoms with Crippen LogP contribution in [-0.4, -0.2) is 17.0 Å². The van der Waals surface area contributed by atoms with E-state index in [1.165, 1.54) is 13.8 Å². The Bertz CT molecular complexity index is 69.3. The lowest BCUT2D eigenvalue weighted by Crippen LogP contribution is -2.03. The number of primary amides is 1. The van der Waals surface area contributed by atoms with E-state index >= 15 is 0 Å². The zero-order valence-corrected chi connectivity index (χ0v) is 4.84. The third-order valence-corrected chi connectivity index (χ3v) is 0. The van der Waals surface area contributed by atoms with Crippen LogP contribution >= 0.6 is 0 Å². The first kappa shape index (κ1) is 10.0. The highest BCUT2D eigenvalue weighted by molar-refractivity contribution is 5.72. The smallest absolute Gasteiger partial charge is 0.402 e. The second kappa shape index (κ2) is 5.94. The summed E-state index contributed by atoms with van der Waals surface area (Å²) in [6.45, 7) is 3.06. The summed E-state index contributed by atoms with van der Waals surface area (Å²) in [4.78, 5) is 18.2. The van der Waals surface area contributed by atoms with Gasteiger partial charge in [-0.1, -0.05) is 0 Å². The second-order valence-corrected chi connectivity index (χ2v) is 1.25. The third kappa shape index (κ3) is 68.3. The quantitative estimate of drug-likeness (QED) is 0.478. The van der Waals surface area contributed by atoms with Crippen molar-refractivity contribution >= 4 is 11.9 Å². The van der Waals surface area contributed by atoms with Crippen LogP contribution < -0.4 is 5.73 Å². The van der Waals surface area contributed by atoms with Crippen molar-refractivity contribution in [1.29, 1.82) is 0 Å². The van der Waals surface area contributed by atoms with E-state index in [2.05, 4.69) is 5.73 Å². The van der Waals surface area contributed by atoms with Gasteiger partial charge in [-0.25, -0.2) is 4.79 Å². The number of nitrogens with two attached hydrogens (primary N) is 1. The minimum Gasteiger partial charge on any atom is -0.465 e. The standard InChI is InChI=1S/C3H6O.CH3NO2/c1-3(2)4;2-1(3)4/h1-2H3;2H2,(H,3,4). The predicted molar refractivity (Wildman–Crippen MR) is 28.6 cm³/mol. The molecule has 0 aromatic heterocycles. The molecule has 8 heavy (non-hydrogen) atoms. The van der Waals surface area contributed by atoms with Gasteiger partial charge in [0.2, 0.25) is 0 Å². The van der Waals surface area contributed by atoms with Crippen LogP contribution in [0.15, 0.2) is 0 Å². The molecule has 0 aliphatic carbocycles. The van der Waals surface area contributed by atoms with Crippen LogP contribution in [0.4, 0.5) is 4.79 Å². The van der Waals surface area contributed by atoms with Crippen LogP contribution in [0.25, 0.3) is 0 Å². The van der Waals surface area contributed by atoms with Gasteiger partial charge in [-0.15, -0.1) is 0 Å². The van der Waals surface area contributed by atoms with E-state index < -0.39 is 6.09 Å². The van der Waals surface area contributed by atoms with Crippen molar-refractivity contribution in [3.8, 4) is 0 Å². The van der Waals surface area contributed by atoms with Crippen molar-refractivity contribution in [2.45, 2.75) is 13.8 Å². The molecule has 0 fully saturated rings. The predicted octanol–water partition coefficient (Wildman–Crippen LogP) is 0.218. The van der Waals surface area contributed by atoms with Crippen molar-refractivity contribution in [1.82, 2.24) is 0 Å². The number of carboxylic acid groups (broad SMARTS) is 1. The van der Waals surface area contributed by atoms with Gasteiger partial charge < -0.3 is 15.6 Å². The molecule has 0 aromatic carbocycles.